The third-order valence-corrected chi connectivity index (χ3v) is 6.57. The largest absolute Gasteiger partial charge is 0.493 e. The Hall–Kier alpha value is -4.67. The summed E-state index contributed by atoms with van der Waals surface area (Å²) in [6, 6.07) is 11.7. The van der Waals surface area contributed by atoms with Crippen molar-refractivity contribution in [1.29, 1.82) is 0 Å². The van der Waals surface area contributed by atoms with Crippen molar-refractivity contribution in [2.24, 2.45) is 0 Å². The summed E-state index contributed by atoms with van der Waals surface area (Å²) in [5.74, 6) is 0.557. The van der Waals surface area contributed by atoms with Crippen LogP contribution in [0.3, 0.4) is 0 Å². The molecule has 0 aliphatic carbocycles. The van der Waals surface area contributed by atoms with Crippen molar-refractivity contribution >= 4 is 23.2 Å². The van der Waals surface area contributed by atoms with Crippen LogP contribution < -0.4 is 38.6 Å². The van der Waals surface area contributed by atoms with E-state index in [1.165, 1.54) is 71.8 Å². The van der Waals surface area contributed by atoms with Gasteiger partial charge in [0.2, 0.25) is 17.4 Å². The van der Waals surface area contributed by atoms with Crippen LogP contribution >= 0.6 is 0 Å². The monoisotopic (exact) mass is 540 g/mol. The number of carbonyl (C=O) groups excluding carboxylic acids is 2. The Bertz CT molecular complexity index is 1340. The quantitative estimate of drug-likeness (QED) is 0.383. The van der Waals surface area contributed by atoms with Gasteiger partial charge in [-0.15, -0.1) is 0 Å². The zero-order valence-corrected chi connectivity index (χ0v) is 22.4. The number of hydrogen-bond donors (Lipinski definition) is 1. The van der Waals surface area contributed by atoms with Crippen LogP contribution in [-0.4, -0.2) is 54.5 Å². The summed E-state index contributed by atoms with van der Waals surface area (Å²) in [4.78, 5) is 28.6. The lowest BCUT2D eigenvalue weighted by atomic mass is 9.76. The van der Waals surface area contributed by atoms with Gasteiger partial charge < -0.3 is 33.7 Å². The Morgan fingerprint density at radius 1 is 0.769 bits per heavy atom. The van der Waals surface area contributed by atoms with Crippen molar-refractivity contribution < 1.29 is 42.4 Å². The van der Waals surface area contributed by atoms with Crippen LogP contribution in [0.2, 0.25) is 0 Å². The Labute approximate surface area is 225 Å². The average molecular weight is 541 g/mol. The molecule has 3 aromatic carbocycles. The van der Waals surface area contributed by atoms with Crippen LogP contribution in [0.1, 0.15) is 12.0 Å². The second-order valence-corrected chi connectivity index (χ2v) is 8.52. The minimum Gasteiger partial charge on any atom is -0.493 e. The molecule has 39 heavy (non-hydrogen) atoms. The van der Waals surface area contributed by atoms with E-state index in [9.17, 15) is 14.0 Å². The standard InChI is InChI=1S/C28H29FN2O8/c1-34-20-11-18(12-21(35-2)25(20)38-5)30-27(33)28(16-7-9-17(29)10-8-16)15-24(32)31(28)19-13-22(36-3)26(39-6)23(14-19)37-4/h7-14H,15H2,1-6H3,(H,30,33). The number of amides is 2. The van der Waals surface area contributed by atoms with E-state index in [-0.39, 0.29) is 12.3 Å². The number of ether oxygens (including phenoxy) is 6. The normalized spacial score (nSPS) is 16.2. The molecule has 3 aromatic rings. The maximum absolute atomic E-state index is 14.1. The second kappa shape index (κ2) is 11.0. The number of nitrogens with one attached hydrogen (secondary N) is 1. The number of rotatable bonds is 10. The highest BCUT2D eigenvalue weighted by molar-refractivity contribution is 6.17. The summed E-state index contributed by atoms with van der Waals surface area (Å²) < 4.78 is 46.4. The summed E-state index contributed by atoms with van der Waals surface area (Å²) in [6.07, 6.45) is -0.175. The van der Waals surface area contributed by atoms with Crippen molar-refractivity contribution in [2.75, 3.05) is 52.9 Å². The molecule has 1 N–H and O–H groups in total. The summed E-state index contributed by atoms with van der Waals surface area (Å²) in [7, 11) is 8.74. The van der Waals surface area contributed by atoms with Crippen molar-refractivity contribution in [2.45, 2.75) is 12.0 Å². The molecule has 0 bridgehead atoms. The third kappa shape index (κ3) is 4.60. The van der Waals surface area contributed by atoms with E-state index < -0.39 is 17.3 Å². The number of methoxy groups -OCH3 is 6. The fourth-order valence-corrected chi connectivity index (χ4v) is 4.72. The summed E-state index contributed by atoms with van der Waals surface area (Å²) in [6.45, 7) is 0. The van der Waals surface area contributed by atoms with Gasteiger partial charge >= 0.3 is 0 Å². The van der Waals surface area contributed by atoms with E-state index in [0.29, 0.717) is 51.4 Å². The first-order valence-electron chi connectivity index (χ1n) is 11.8. The molecular weight excluding hydrogens is 511 g/mol. The molecule has 0 saturated carbocycles. The highest BCUT2D eigenvalue weighted by Gasteiger charge is 2.59. The van der Waals surface area contributed by atoms with Gasteiger partial charge in [-0.3, -0.25) is 14.5 Å². The van der Waals surface area contributed by atoms with E-state index in [4.69, 9.17) is 28.4 Å². The van der Waals surface area contributed by atoms with Gasteiger partial charge in [0, 0.05) is 30.0 Å². The van der Waals surface area contributed by atoms with Crippen LogP contribution in [-0.2, 0) is 15.1 Å². The van der Waals surface area contributed by atoms with Crippen LogP contribution in [0, 0.1) is 5.82 Å². The predicted octanol–water partition coefficient (Wildman–Crippen LogP) is 4.15. The van der Waals surface area contributed by atoms with Crippen LogP contribution in [0.15, 0.2) is 48.5 Å². The Balaban J connectivity index is 1.86. The smallest absolute Gasteiger partial charge is 0.255 e. The molecule has 11 heteroatoms. The summed E-state index contributed by atoms with van der Waals surface area (Å²) >= 11 is 0. The Morgan fingerprint density at radius 3 is 1.64 bits per heavy atom. The molecule has 206 valence electrons. The highest BCUT2D eigenvalue weighted by atomic mass is 19.1. The number of β-lactam (4-membered cyclic amide) rings is 1. The summed E-state index contributed by atoms with van der Waals surface area (Å²) in [5.41, 5.74) is -0.469. The zero-order valence-electron chi connectivity index (χ0n) is 22.4. The average Bonchev–Trinajstić information content (AvgIpc) is 2.94. The molecule has 1 unspecified atom stereocenters. The van der Waals surface area contributed by atoms with Gasteiger partial charge in [-0.2, -0.15) is 0 Å². The van der Waals surface area contributed by atoms with E-state index in [2.05, 4.69) is 5.32 Å². The maximum Gasteiger partial charge on any atom is 0.255 e. The number of benzene rings is 3. The minimum atomic E-state index is -1.53. The molecule has 1 aliphatic rings. The second-order valence-electron chi connectivity index (χ2n) is 8.52. The van der Waals surface area contributed by atoms with Crippen molar-refractivity contribution in [1.82, 2.24) is 0 Å². The molecule has 1 fully saturated rings. The van der Waals surface area contributed by atoms with E-state index in [1.807, 2.05) is 0 Å². The van der Waals surface area contributed by atoms with Gasteiger partial charge in [-0.05, 0) is 17.7 Å². The molecule has 4 rings (SSSR count). The van der Waals surface area contributed by atoms with Gasteiger partial charge in [0.1, 0.15) is 5.82 Å². The fourth-order valence-electron chi connectivity index (χ4n) is 4.72. The Kier molecular flexibility index (Phi) is 7.70. The van der Waals surface area contributed by atoms with Gasteiger partial charge in [-0.25, -0.2) is 4.39 Å². The molecule has 0 spiro atoms. The Morgan fingerprint density at radius 2 is 1.23 bits per heavy atom. The van der Waals surface area contributed by atoms with Crippen molar-refractivity contribution in [3.8, 4) is 34.5 Å². The van der Waals surface area contributed by atoms with Crippen LogP contribution in [0.5, 0.6) is 34.5 Å². The molecule has 1 heterocycles. The predicted molar refractivity (Wildman–Crippen MR) is 141 cm³/mol. The first kappa shape index (κ1) is 27.4. The van der Waals surface area contributed by atoms with Crippen molar-refractivity contribution in [3.63, 3.8) is 0 Å². The van der Waals surface area contributed by atoms with Gasteiger partial charge in [-0.1, -0.05) is 12.1 Å². The van der Waals surface area contributed by atoms with E-state index in [1.54, 1.807) is 24.3 Å². The SMILES string of the molecule is COc1cc(NC(=O)C2(c3ccc(F)cc3)CC(=O)N2c2cc(OC)c(OC)c(OC)c2)cc(OC)c1OC. The minimum absolute atomic E-state index is 0.175. The third-order valence-electron chi connectivity index (χ3n) is 6.57. The lowest BCUT2D eigenvalue weighted by molar-refractivity contribution is -0.137. The highest BCUT2D eigenvalue weighted by Crippen LogP contribution is 2.50. The first-order chi connectivity index (χ1) is 18.8. The van der Waals surface area contributed by atoms with Crippen LogP contribution in [0.4, 0.5) is 15.8 Å². The molecule has 0 aromatic heterocycles. The number of nitrogens with zero attached hydrogens (tertiary/aromatic N) is 1. The molecule has 1 aliphatic heterocycles. The van der Waals surface area contributed by atoms with Gasteiger partial charge in [0.25, 0.3) is 5.91 Å². The summed E-state index contributed by atoms with van der Waals surface area (Å²) in [5, 5.41) is 2.87. The van der Waals surface area contributed by atoms with E-state index in [0.717, 1.165) is 0 Å². The van der Waals surface area contributed by atoms with Gasteiger partial charge in [0.15, 0.2) is 28.5 Å². The molecule has 10 nitrogen and oxygen atoms in total. The molecule has 0 radical (unpaired) electrons. The van der Waals surface area contributed by atoms with E-state index >= 15 is 0 Å². The lowest BCUT2D eigenvalue weighted by Crippen LogP contribution is -2.67. The number of halogens is 1. The number of carbonyl (C=O) groups is 2. The molecular formula is C28H29FN2O8. The van der Waals surface area contributed by atoms with Gasteiger partial charge in [0.05, 0.1) is 54.8 Å². The first-order valence-corrected chi connectivity index (χ1v) is 11.8. The maximum atomic E-state index is 14.1. The number of hydrogen-bond acceptors (Lipinski definition) is 8. The van der Waals surface area contributed by atoms with Crippen molar-refractivity contribution in [3.05, 3.63) is 59.9 Å². The molecule has 1 atom stereocenters. The molecule has 1 saturated heterocycles. The lowest BCUT2D eigenvalue weighted by Gasteiger charge is -2.50. The zero-order chi connectivity index (χ0) is 28.3. The molecule has 2 amide bonds. The fraction of sp³-hybridized carbons (Fsp3) is 0.286. The van der Waals surface area contributed by atoms with Crippen LogP contribution in [0.25, 0.3) is 0 Å². The number of anilines is 2. The topological polar surface area (TPSA) is 105 Å².